The molecule has 9 atom stereocenters. The van der Waals surface area contributed by atoms with Gasteiger partial charge in [0.05, 0.1) is 11.7 Å². The maximum absolute atomic E-state index is 15.4. The zero-order valence-electron chi connectivity index (χ0n) is 20.2. The molecular weight excluding hydrogens is 407 g/mol. The van der Waals surface area contributed by atoms with E-state index in [9.17, 15) is 24.6 Å². The predicted octanol–water partition coefficient (Wildman–Crippen LogP) is 2.64. The summed E-state index contributed by atoms with van der Waals surface area (Å²) in [5.74, 6) is -5.69. The molecule has 0 unspecified atom stereocenters. The lowest BCUT2D eigenvalue weighted by Crippen LogP contribution is -2.58. The van der Waals surface area contributed by atoms with Gasteiger partial charge >= 0.3 is 5.97 Å². The molecule has 180 valence electrons. The quantitative estimate of drug-likeness (QED) is 0.496. The van der Waals surface area contributed by atoms with E-state index in [1.807, 2.05) is 0 Å². The Bertz CT molecular complexity index is 689. The van der Waals surface area contributed by atoms with Gasteiger partial charge < -0.3 is 19.7 Å². The summed E-state index contributed by atoms with van der Waals surface area (Å²) in [5.41, 5.74) is -5.97. The van der Waals surface area contributed by atoms with E-state index in [2.05, 4.69) is 0 Å². The highest BCUT2D eigenvalue weighted by Gasteiger charge is 2.53. The predicted molar refractivity (Wildman–Crippen MR) is 113 cm³/mol. The van der Waals surface area contributed by atoms with Crippen LogP contribution in [0.5, 0.6) is 0 Å². The summed E-state index contributed by atoms with van der Waals surface area (Å²) in [4.78, 5) is 38.7. The molecule has 0 radical (unpaired) electrons. The van der Waals surface area contributed by atoms with Crippen LogP contribution in [0.2, 0.25) is 0 Å². The Morgan fingerprint density at radius 3 is 2.06 bits per heavy atom. The summed E-state index contributed by atoms with van der Waals surface area (Å²) in [5, 5.41) is 21.8. The molecule has 0 spiro atoms. The number of carbonyl (C=O) groups excluding carboxylic acids is 3. The molecule has 0 amide bonds. The van der Waals surface area contributed by atoms with Crippen LogP contribution in [0, 0.1) is 23.7 Å². The van der Waals surface area contributed by atoms with Gasteiger partial charge in [-0.1, -0.05) is 34.6 Å². The number of halogens is 1. The maximum atomic E-state index is 15.4. The van der Waals surface area contributed by atoms with E-state index in [-0.39, 0.29) is 18.6 Å². The summed E-state index contributed by atoms with van der Waals surface area (Å²) in [6.07, 6.45) is -2.63. The van der Waals surface area contributed by atoms with Crippen LogP contribution in [0.1, 0.15) is 68.2 Å². The van der Waals surface area contributed by atoms with Crippen molar-refractivity contribution in [3.05, 3.63) is 0 Å². The van der Waals surface area contributed by atoms with Gasteiger partial charge in [0.25, 0.3) is 5.67 Å². The van der Waals surface area contributed by atoms with Crippen LogP contribution >= 0.6 is 0 Å². The first-order valence-electron chi connectivity index (χ1n) is 10.9. The topological polar surface area (TPSA) is 110 Å². The third-order valence-electron chi connectivity index (χ3n) is 7.43. The Balaban J connectivity index is 3.59. The minimum atomic E-state index is -2.95. The van der Waals surface area contributed by atoms with Crippen molar-refractivity contribution in [2.75, 3.05) is 7.11 Å². The Labute approximate surface area is 184 Å². The summed E-state index contributed by atoms with van der Waals surface area (Å²) >= 11 is 0. The summed E-state index contributed by atoms with van der Waals surface area (Å²) < 4.78 is 26.3. The molecule has 0 saturated carbocycles. The van der Waals surface area contributed by atoms with E-state index in [1.165, 1.54) is 27.9 Å². The first-order valence-corrected chi connectivity index (χ1v) is 10.9. The first-order chi connectivity index (χ1) is 14.0. The zero-order valence-corrected chi connectivity index (χ0v) is 20.2. The molecule has 1 aliphatic heterocycles. The molecule has 8 heteroatoms. The van der Waals surface area contributed by atoms with Crippen LogP contribution in [-0.4, -0.2) is 63.9 Å². The van der Waals surface area contributed by atoms with E-state index in [4.69, 9.17) is 9.47 Å². The molecule has 1 heterocycles. The van der Waals surface area contributed by atoms with Gasteiger partial charge in [-0.15, -0.1) is 0 Å². The molecule has 0 aromatic heterocycles. The minimum Gasteiger partial charge on any atom is -0.457 e. The number of cyclic esters (lactones) is 1. The van der Waals surface area contributed by atoms with Crippen LogP contribution in [0.25, 0.3) is 0 Å². The summed E-state index contributed by atoms with van der Waals surface area (Å²) in [6.45, 7) is 11.8. The zero-order chi connectivity index (χ0) is 24.5. The number of alkyl halides is 1. The molecule has 0 bridgehead atoms. The molecule has 0 aliphatic carbocycles. The number of rotatable bonds is 2. The van der Waals surface area contributed by atoms with Gasteiger partial charge in [0, 0.05) is 24.9 Å². The number of hydrogen-bond acceptors (Lipinski definition) is 7. The third-order valence-corrected chi connectivity index (χ3v) is 7.43. The fraction of sp³-hybridized carbons (Fsp3) is 0.870. The second-order valence-corrected chi connectivity index (χ2v) is 9.73. The SMILES string of the molecule is CC[C@H]1OC(=O)[C@@](C)(F)C(=O)[C@H](C)[C@@H](C)[C@](C)(OC)C[C@@H](C)C(=O)[C@H](C)[C@@H](O)[C@]1(C)O. The van der Waals surface area contributed by atoms with Crippen molar-refractivity contribution in [2.45, 2.75) is 97.3 Å². The van der Waals surface area contributed by atoms with Crippen molar-refractivity contribution in [1.29, 1.82) is 0 Å². The number of aliphatic hydroxyl groups excluding tert-OH is 1. The van der Waals surface area contributed by atoms with Crippen molar-refractivity contribution < 1.29 is 38.5 Å². The Morgan fingerprint density at radius 1 is 1.10 bits per heavy atom. The third kappa shape index (κ3) is 5.17. The summed E-state index contributed by atoms with van der Waals surface area (Å²) in [7, 11) is 1.45. The van der Waals surface area contributed by atoms with E-state index in [0.29, 0.717) is 0 Å². The number of carbonyl (C=O) groups is 3. The molecule has 1 rings (SSSR count). The average Bonchev–Trinajstić information content (AvgIpc) is 2.72. The minimum absolute atomic E-state index is 0.0459. The van der Waals surface area contributed by atoms with E-state index in [1.54, 1.807) is 27.7 Å². The number of ketones is 2. The van der Waals surface area contributed by atoms with Crippen molar-refractivity contribution in [3.63, 3.8) is 0 Å². The van der Waals surface area contributed by atoms with E-state index in [0.717, 1.165) is 6.92 Å². The molecule has 1 saturated heterocycles. The number of hydrogen-bond donors (Lipinski definition) is 2. The van der Waals surface area contributed by atoms with Crippen LogP contribution in [0.15, 0.2) is 0 Å². The number of ether oxygens (including phenoxy) is 2. The van der Waals surface area contributed by atoms with Gasteiger partial charge in [0.2, 0.25) is 0 Å². The lowest BCUT2D eigenvalue weighted by molar-refractivity contribution is -0.196. The standard InChI is InChI=1S/C23H39FO7/c1-10-16-23(8,29)19(27)14(4)17(25)12(2)11-21(6,30-9)15(5)13(3)18(26)22(7,24)20(28)31-16/h12-16,19,27,29H,10-11H2,1-9H3/t12-,13-,14+,15-,16-,19-,21-,22+,23-/m1/s1. The number of aliphatic hydroxyl groups is 2. The molecule has 1 aliphatic rings. The smallest absolute Gasteiger partial charge is 0.351 e. The van der Waals surface area contributed by atoms with Crippen LogP contribution in [0.3, 0.4) is 0 Å². The van der Waals surface area contributed by atoms with Gasteiger partial charge in [0.1, 0.15) is 17.5 Å². The van der Waals surface area contributed by atoms with Crippen molar-refractivity contribution in [3.8, 4) is 0 Å². The Hall–Kier alpha value is -1.38. The van der Waals surface area contributed by atoms with Gasteiger partial charge in [-0.2, -0.15) is 0 Å². The van der Waals surface area contributed by atoms with Crippen molar-refractivity contribution >= 4 is 17.5 Å². The maximum Gasteiger partial charge on any atom is 0.351 e. The molecule has 2 N–H and O–H groups in total. The van der Waals surface area contributed by atoms with Crippen LogP contribution in [0.4, 0.5) is 4.39 Å². The highest BCUT2D eigenvalue weighted by atomic mass is 19.1. The molecule has 0 aromatic rings. The van der Waals surface area contributed by atoms with E-state index < -0.39 is 64.5 Å². The highest BCUT2D eigenvalue weighted by molar-refractivity contribution is 6.07. The Kier molecular flexibility index (Phi) is 8.59. The first kappa shape index (κ1) is 27.7. The van der Waals surface area contributed by atoms with E-state index >= 15 is 4.39 Å². The van der Waals surface area contributed by atoms with Crippen molar-refractivity contribution in [2.24, 2.45) is 23.7 Å². The van der Waals surface area contributed by atoms with Crippen LogP contribution < -0.4 is 0 Å². The monoisotopic (exact) mass is 446 g/mol. The molecule has 31 heavy (non-hydrogen) atoms. The second kappa shape index (κ2) is 9.63. The average molecular weight is 447 g/mol. The largest absolute Gasteiger partial charge is 0.457 e. The lowest BCUT2D eigenvalue weighted by atomic mass is 9.70. The van der Waals surface area contributed by atoms with Gasteiger partial charge in [0.15, 0.2) is 5.78 Å². The summed E-state index contributed by atoms with van der Waals surface area (Å²) in [6, 6.07) is 0. The number of Topliss-reactive ketones (excluding diaryl/α,β-unsaturated/α-hetero) is 2. The van der Waals surface area contributed by atoms with Crippen LogP contribution in [-0.2, 0) is 23.9 Å². The molecule has 7 nitrogen and oxygen atoms in total. The lowest BCUT2D eigenvalue weighted by Gasteiger charge is -2.42. The van der Waals surface area contributed by atoms with Gasteiger partial charge in [-0.25, -0.2) is 9.18 Å². The molecular formula is C23H39FO7. The van der Waals surface area contributed by atoms with Crippen molar-refractivity contribution in [1.82, 2.24) is 0 Å². The van der Waals surface area contributed by atoms with Gasteiger partial charge in [-0.3, -0.25) is 9.59 Å². The fourth-order valence-electron chi connectivity index (χ4n) is 4.60. The fourth-order valence-corrected chi connectivity index (χ4v) is 4.60. The normalized spacial score (nSPS) is 46.4. The Morgan fingerprint density at radius 2 is 1.61 bits per heavy atom. The highest BCUT2D eigenvalue weighted by Crippen LogP contribution is 2.38. The van der Waals surface area contributed by atoms with Gasteiger partial charge in [-0.05, 0) is 39.5 Å². The number of esters is 1. The second-order valence-electron chi connectivity index (χ2n) is 9.73. The molecule has 1 fully saturated rings. The number of methoxy groups -OCH3 is 1. The molecule has 0 aromatic carbocycles.